The summed E-state index contributed by atoms with van der Waals surface area (Å²) in [5, 5.41) is 0.0251. The van der Waals surface area contributed by atoms with Crippen LogP contribution in [-0.2, 0) is 17.8 Å². The van der Waals surface area contributed by atoms with Crippen LogP contribution < -0.4 is 14.4 Å². The first-order chi connectivity index (χ1) is 15.5. The number of benzene rings is 3. The van der Waals surface area contributed by atoms with Gasteiger partial charge >= 0.3 is 0 Å². The molecule has 0 radical (unpaired) electrons. The minimum Gasteiger partial charge on any atom is -0.504 e. The second kappa shape index (κ2) is 11.2. The molecular weight excluding hydrogens is 497 g/mol. The van der Waals surface area contributed by atoms with Crippen LogP contribution in [0.25, 0.3) is 6.08 Å². The standard InChI is InChI=1S/C25H24BrClFNO3/c1-30-13-12-21-22(26)14-23(25(28)24(21)27)29(15-17-4-8-19(31-2)9-5-17)16-18-6-10-20(32-3)11-7-18/h4-14H,15-16H2,1-3H3/b13-12+. The zero-order chi connectivity index (χ0) is 23.1. The first-order valence-corrected chi connectivity index (χ1v) is 11.0. The van der Waals surface area contributed by atoms with Crippen LogP contribution in [0.3, 0.4) is 0 Å². The number of nitrogens with zero attached hydrogens (tertiary/aromatic N) is 1. The fourth-order valence-corrected chi connectivity index (χ4v) is 4.17. The van der Waals surface area contributed by atoms with Crippen molar-refractivity contribution >= 4 is 39.3 Å². The molecule has 168 valence electrons. The first-order valence-electron chi connectivity index (χ1n) is 9.84. The number of hydrogen-bond acceptors (Lipinski definition) is 4. The summed E-state index contributed by atoms with van der Waals surface area (Å²) in [4.78, 5) is 1.94. The van der Waals surface area contributed by atoms with Crippen LogP contribution in [-0.4, -0.2) is 21.3 Å². The molecule has 0 spiro atoms. The Morgan fingerprint density at radius 2 is 1.41 bits per heavy atom. The lowest BCUT2D eigenvalue weighted by atomic mass is 10.1. The first kappa shape index (κ1) is 24.0. The number of anilines is 1. The van der Waals surface area contributed by atoms with Crippen molar-refractivity contribution in [1.82, 2.24) is 0 Å². The number of hydrogen-bond donors (Lipinski definition) is 0. The molecule has 0 N–H and O–H groups in total. The normalized spacial score (nSPS) is 10.9. The van der Waals surface area contributed by atoms with Crippen LogP contribution in [0.4, 0.5) is 10.1 Å². The van der Waals surface area contributed by atoms with Gasteiger partial charge in [0.1, 0.15) is 11.5 Å². The maximum Gasteiger partial charge on any atom is 0.165 e. The Bertz CT molecular complexity index is 1020. The summed E-state index contributed by atoms with van der Waals surface area (Å²) in [6.45, 7) is 0.950. The fourth-order valence-electron chi connectivity index (χ4n) is 3.24. The number of rotatable bonds is 9. The molecule has 0 amide bonds. The predicted molar refractivity (Wildman–Crippen MR) is 131 cm³/mol. The summed E-state index contributed by atoms with van der Waals surface area (Å²) in [6, 6.07) is 17.1. The van der Waals surface area contributed by atoms with Gasteiger partial charge in [0.05, 0.1) is 38.3 Å². The highest BCUT2D eigenvalue weighted by atomic mass is 79.9. The van der Waals surface area contributed by atoms with Crippen LogP contribution in [0, 0.1) is 5.82 Å². The Morgan fingerprint density at radius 3 is 1.84 bits per heavy atom. The Morgan fingerprint density at radius 1 is 0.906 bits per heavy atom. The van der Waals surface area contributed by atoms with Crippen LogP contribution in [0.15, 0.2) is 65.3 Å². The average Bonchev–Trinajstić information content (AvgIpc) is 2.82. The largest absolute Gasteiger partial charge is 0.504 e. The van der Waals surface area contributed by atoms with Gasteiger partial charge in [-0.2, -0.15) is 0 Å². The molecule has 0 saturated carbocycles. The molecule has 7 heteroatoms. The predicted octanol–water partition coefficient (Wildman–Crippen LogP) is 7.08. The summed E-state index contributed by atoms with van der Waals surface area (Å²) in [5.41, 5.74) is 2.93. The van der Waals surface area contributed by atoms with E-state index in [1.165, 1.54) is 13.4 Å². The molecule has 3 aromatic rings. The van der Waals surface area contributed by atoms with Gasteiger partial charge in [-0.1, -0.05) is 51.8 Å². The second-order valence-corrected chi connectivity index (χ2v) is 8.24. The van der Waals surface area contributed by atoms with Crippen molar-refractivity contribution in [3.63, 3.8) is 0 Å². The monoisotopic (exact) mass is 519 g/mol. The van der Waals surface area contributed by atoms with Crippen LogP contribution >= 0.6 is 27.5 Å². The van der Waals surface area contributed by atoms with Crippen molar-refractivity contribution in [1.29, 1.82) is 0 Å². The van der Waals surface area contributed by atoms with E-state index < -0.39 is 5.82 Å². The van der Waals surface area contributed by atoms with Crippen LogP contribution in [0.5, 0.6) is 11.5 Å². The highest BCUT2D eigenvalue weighted by Crippen LogP contribution is 2.37. The van der Waals surface area contributed by atoms with Gasteiger partial charge in [0.2, 0.25) is 0 Å². The lowest BCUT2D eigenvalue weighted by Crippen LogP contribution is -2.23. The highest BCUT2D eigenvalue weighted by molar-refractivity contribution is 9.10. The molecular formula is C25H24BrClFNO3. The quantitative estimate of drug-likeness (QED) is 0.223. The SMILES string of the molecule is CO/C=C/c1c(Br)cc(N(Cc2ccc(OC)cc2)Cc2ccc(OC)cc2)c(F)c1Cl. The second-order valence-electron chi connectivity index (χ2n) is 7.01. The summed E-state index contributed by atoms with van der Waals surface area (Å²) in [6.07, 6.45) is 3.08. The molecule has 0 aliphatic heterocycles. The van der Waals surface area contributed by atoms with E-state index >= 15 is 4.39 Å². The Kier molecular flexibility index (Phi) is 8.42. The van der Waals surface area contributed by atoms with Gasteiger partial charge in [0.15, 0.2) is 5.82 Å². The minimum absolute atomic E-state index is 0.0251. The molecule has 32 heavy (non-hydrogen) atoms. The molecule has 0 aliphatic rings. The molecule has 0 bridgehead atoms. The van der Waals surface area contributed by atoms with Crippen molar-refractivity contribution in [2.75, 3.05) is 26.2 Å². The summed E-state index contributed by atoms with van der Waals surface area (Å²) in [5.74, 6) is 1.04. The third kappa shape index (κ3) is 5.75. The molecule has 0 unspecified atom stereocenters. The summed E-state index contributed by atoms with van der Waals surface area (Å²) in [7, 11) is 4.77. The molecule has 0 aliphatic carbocycles. The maximum atomic E-state index is 15.5. The van der Waals surface area contributed by atoms with E-state index in [1.54, 1.807) is 26.4 Å². The van der Waals surface area contributed by atoms with Gasteiger partial charge in [-0.05, 0) is 47.5 Å². The van der Waals surface area contributed by atoms with Gasteiger partial charge < -0.3 is 19.1 Å². The Labute approximate surface area is 201 Å². The third-order valence-corrected chi connectivity index (χ3v) is 5.98. The maximum absolute atomic E-state index is 15.5. The van der Waals surface area contributed by atoms with Crippen LogP contribution in [0.1, 0.15) is 16.7 Å². The van der Waals surface area contributed by atoms with Crippen molar-refractivity contribution in [2.45, 2.75) is 13.1 Å². The summed E-state index contributed by atoms with van der Waals surface area (Å²) < 4.78 is 31.6. The Balaban J connectivity index is 2.01. The highest BCUT2D eigenvalue weighted by Gasteiger charge is 2.20. The van der Waals surface area contributed by atoms with Crippen molar-refractivity contribution in [2.24, 2.45) is 0 Å². The zero-order valence-corrected chi connectivity index (χ0v) is 20.4. The van der Waals surface area contributed by atoms with Gasteiger partial charge in [0.25, 0.3) is 0 Å². The molecule has 0 heterocycles. The van der Waals surface area contributed by atoms with E-state index in [1.807, 2.05) is 53.4 Å². The fraction of sp³-hybridized carbons (Fsp3) is 0.200. The number of halogens is 3. The Hall–Kier alpha value is -2.70. The number of ether oxygens (including phenoxy) is 3. The van der Waals surface area contributed by atoms with Gasteiger partial charge in [-0.3, -0.25) is 0 Å². The number of methoxy groups -OCH3 is 3. The topological polar surface area (TPSA) is 30.9 Å². The molecule has 3 aromatic carbocycles. The van der Waals surface area contributed by atoms with Crippen molar-refractivity contribution in [3.8, 4) is 11.5 Å². The van der Waals surface area contributed by atoms with Crippen molar-refractivity contribution in [3.05, 3.63) is 92.9 Å². The van der Waals surface area contributed by atoms with Gasteiger partial charge in [0, 0.05) is 23.1 Å². The lowest BCUT2D eigenvalue weighted by Gasteiger charge is -2.27. The summed E-state index contributed by atoms with van der Waals surface area (Å²) >= 11 is 9.92. The van der Waals surface area contributed by atoms with Crippen molar-refractivity contribution < 1.29 is 18.6 Å². The average molecular weight is 521 g/mol. The third-order valence-electron chi connectivity index (χ3n) is 4.95. The van der Waals surface area contributed by atoms with Crippen LogP contribution in [0.2, 0.25) is 5.02 Å². The van der Waals surface area contributed by atoms with E-state index in [2.05, 4.69) is 15.9 Å². The zero-order valence-electron chi connectivity index (χ0n) is 18.1. The van der Waals surface area contributed by atoms with Gasteiger partial charge in [-0.25, -0.2) is 4.39 Å². The van der Waals surface area contributed by atoms with E-state index in [0.29, 0.717) is 28.8 Å². The van der Waals surface area contributed by atoms with E-state index in [0.717, 1.165) is 22.6 Å². The minimum atomic E-state index is -0.493. The molecule has 4 nitrogen and oxygen atoms in total. The van der Waals surface area contributed by atoms with Gasteiger partial charge in [-0.15, -0.1) is 0 Å². The lowest BCUT2D eigenvalue weighted by molar-refractivity contribution is 0.341. The molecule has 0 fully saturated rings. The smallest absolute Gasteiger partial charge is 0.165 e. The molecule has 0 atom stereocenters. The van der Waals surface area contributed by atoms with E-state index in [-0.39, 0.29) is 5.02 Å². The van der Waals surface area contributed by atoms with E-state index in [9.17, 15) is 0 Å². The molecule has 0 aromatic heterocycles. The van der Waals surface area contributed by atoms with E-state index in [4.69, 9.17) is 25.8 Å². The molecule has 0 saturated heterocycles. The molecule has 3 rings (SSSR count).